The molecule has 0 amide bonds. The zero-order chi connectivity index (χ0) is 11.6. The Balaban J connectivity index is 2.87. The van der Waals surface area contributed by atoms with Gasteiger partial charge in [0, 0.05) is 5.92 Å². The average molecular weight is 210 g/mol. The van der Waals surface area contributed by atoms with E-state index < -0.39 is 0 Å². The topological polar surface area (TPSA) is 0 Å². The first kappa shape index (κ1) is 12.3. The van der Waals surface area contributed by atoms with Gasteiger partial charge in [-0.25, -0.2) is 0 Å². The SMILES string of the molecule is C=C/C=C/C(/C=C/C=C/C)c1ccccc1. The molecule has 0 radical (unpaired) electrons. The molecule has 0 aliphatic rings. The summed E-state index contributed by atoms with van der Waals surface area (Å²) >= 11 is 0. The summed E-state index contributed by atoms with van der Waals surface area (Å²) in [5.41, 5.74) is 1.29. The fourth-order valence-corrected chi connectivity index (χ4v) is 1.45. The van der Waals surface area contributed by atoms with Gasteiger partial charge in [0.2, 0.25) is 0 Å². The van der Waals surface area contributed by atoms with Gasteiger partial charge in [-0.1, -0.05) is 79.4 Å². The third-order valence-electron chi connectivity index (χ3n) is 2.26. The molecule has 1 aromatic carbocycles. The van der Waals surface area contributed by atoms with E-state index in [2.05, 4.69) is 49.1 Å². The molecule has 0 heterocycles. The Bertz CT molecular complexity index is 380. The highest BCUT2D eigenvalue weighted by Crippen LogP contribution is 2.18. The van der Waals surface area contributed by atoms with Gasteiger partial charge in [-0.2, -0.15) is 0 Å². The first-order valence-electron chi connectivity index (χ1n) is 5.52. The number of rotatable bonds is 5. The van der Waals surface area contributed by atoms with Crippen molar-refractivity contribution in [1.82, 2.24) is 0 Å². The Labute approximate surface area is 98.3 Å². The third kappa shape index (κ3) is 4.14. The van der Waals surface area contributed by atoms with E-state index in [9.17, 15) is 0 Å². The van der Waals surface area contributed by atoms with Gasteiger partial charge < -0.3 is 0 Å². The minimum absolute atomic E-state index is 0.315. The van der Waals surface area contributed by atoms with Gasteiger partial charge in [-0.05, 0) is 12.5 Å². The van der Waals surface area contributed by atoms with E-state index in [1.54, 1.807) is 6.08 Å². The van der Waals surface area contributed by atoms with E-state index in [1.807, 2.05) is 31.2 Å². The van der Waals surface area contributed by atoms with Crippen LogP contribution in [0.3, 0.4) is 0 Å². The predicted molar refractivity (Wildman–Crippen MR) is 72.5 cm³/mol. The largest absolute Gasteiger partial charge is 0.0991 e. The van der Waals surface area contributed by atoms with Crippen molar-refractivity contribution in [2.45, 2.75) is 12.8 Å². The Morgan fingerprint density at radius 1 is 1.00 bits per heavy atom. The van der Waals surface area contributed by atoms with Gasteiger partial charge in [-0.15, -0.1) is 0 Å². The number of hydrogen-bond acceptors (Lipinski definition) is 0. The molecule has 16 heavy (non-hydrogen) atoms. The summed E-state index contributed by atoms with van der Waals surface area (Å²) in [7, 11) is 0. The maximum Gasteiger partial charge on any atom is 0.0204 e. The van der Waals surface area contributed by atoms with E-state index in [0.717, 1.165) is 0 Å². The summed E-state index contributed by atoms with van der Waals surface area (Å²) in [6, 6.07) is 10.4. The molecule has 0 heteroatoms. The highest BCUT2D eigenvalue weighted by atomic mass is 14.1. The van der Waals surface area contributed by atoms with Crippen molar-refractivity contribution in [3.05, 3.63) is 85.0 Å². The fourth-order valence-electron chi connectivity index (χ4n) is 1.45. The Morgan fingerprint density at radius 3 is 2.31 bits per heavy atom. The number of allylic oxidation sites excluding steroid dienone is 7. The van der Waals surface area contributed by atoms with Crippen molar-refractivity contribution in [2.75, 3.05) is 0 Å². The van der Waals surface area contributed by atoms with Crippen molar-refractivity contribution < 1.29 is 0 Å². The monoisotopic (exact) mass is 210 g/mol. The van der Waals surface area contributed by atoms with Gasteiger partial charge in [0.15, 0.2) is 0 Å². The molecule has 0 spiro atoms. The molecule has 1 aromatic rings. The van der Waals surface area contributed by atoms with Crippen molar-refractivity contribution in [3.63, 3.8) is 0 Å². The summed E-state index contributed by atoms with van der Waals surface area (Å²) in [5, 5.41) is 0. The molecule has 0 fully saturated rings. The summed E-state index contributed by atoms with van der Waals surface area (Å²) < 4.78 is 0. The van der Waals surface area contributed by atoms with Gasteiger partial charge in [-0.3, -0.25) is 0 Å². The summed E-state index contributed by atoms with van der Waals surface area (Å²) in [4.78, 5) is 0. The molecule has 82 valence electrons. The van der Waals surface area contributed by atoms with Gasteiger partial charge in [0.1, 0.15) is 0 Å². The molecule has 0 aliphatic heterocycles. The highest BCUT2D eigenvalue weighted by molar-refractivity contribution is 5.30. The molecule has 0 nitrogen and oxygen atoms in total. The van der Waals surface area contributed by atoms with Gasteiger partial charge >= 0.3 is 0 Å². The lowest BCUT2D eigenvalue weighted by molar-refractivity contribution is 1.08. The molecule has 1 unspecified atom stereocenters. The second-order valence-electron chi connectivity index (χ2n) is 3.47. The maximum atomic E-state index is 3.70. The summed E-state index contributed by atoms with van der Waals surface area (Å²) in [6.07, 6.45) is 14.2. The summed E-state index contributed by atoms with van der Waals surface area (Å²) in [6.45, 7) is 5.71. The number of hydrogen-bond donors (Lipinski definition) is 0. The Kier molecular flexibility index (Phi) is 5.72. The van der Waals surface area contributed by atoms with Crippen molar-refractivity contribution in [2.24, 2.45) is 0 Å². The standard InChI is InChI=1S/C16H18/c1-3-5-8-12-15(11-6-4-2)16-13-9-7-10-14-16/h3-15H,2H2,1H3/b5-3+,11-6+,12-8+. The van der Waals surface area contributed by atoms with Crippen LogP contribution in [0, 0.1) is 0 Å². The average Bonchev–Trinajstić information content (AvgIpc) is 2.35. The third-order valence-corrected chi connectivity index (χ3v) is 2.26. The quantitative estimate of drug-likeness (QED) is 0.621. The summed E-state index contributed by atoms with van der Waals surface area (Å²) in [5.74, 6) is 0.315. The van der Waals surface area contributed by atoms with Crippen LogP contribution >= 0.6 is 0 Å². The van der Waals surface area contributed by atoms with E-state index in [4.69, 9.17) is 0 Å². The van der Waals surface area contributed by atoms with Crippen LogP contribution in [0.2, 0.25) is 0 Å². The van der Waals surface area contributed by atoms with Crippen LogP contribution < -0.4 is 0 Å². The Morgan fingerprint density at radius 2 is 1.69 bits per heavy atom. The second-order valence-corrected chi connectivity index (χ2v) is 3.47. The molecule has 0 aliphatic carbocycles. The molecular weight excluding hydrogens is 192 g/mol. The van der Waals surface area contributed by atoms with Crippen molar-refractivity contribution in [3.8, 4) is 0 Å². The second kappa shape index (κ2) is 7.47. The van der Waals surface area contributed by atoms with E-state index in [1.165, 1.54) is 5.56 Å². The van der Waals surface area contributed by atoms with Gasteiger partial charge in [0.05, 0.1) is 0 Å². The first-order chi connectivity index (χ1) is 7.88. The number of benzene rings is 1. The fraction of sp³-hybridized carbons (Fsp3) is 0.125. The van der Waals surface area contributed by atoms with Crippen LogP contribution in [0.15, 0.2) is 79.4 Å². The van der Waals surface area contributed by atoms with Crippen LogP contribution in [0.4, 0.5) is 0 Å². The molecule has 1 atom stereocenters. The lowest BCUT2D eigenvalue weighted by atomic mass is 9.98. The molecule has 0 N–H and O–H groups in total. The highest BCUT2D eigenvalue weighted by Gasteiger charge is 2.01. The zero-order valence-electron chi connectivity index (χ0n) is 9.71. The lowest BCUT2D eigenvalue weighted by Gasteiger charge is -2.07. The molecular formula is C16H18. The molecule has 0 bridgehead atoms. The molecule has 0 aromatic heterocycles. The molecule has 0 saturated carbocycles. The van der Waals surface area contributed by atoms with Crippen LogP contribution in [0.1, 0.15) is 18.4 Å². The zero-order valence-corrected chi connectivity index (χ0v) is 9.71. The normalized spacial score (nSPS) is 13.8. The molecule has 1 rings (SSSR count). The maximum absolute atomic E-state index is 3.70. The molecule has 0 saturated heterocycles. The van der Waals surface area contributed by atoms with Crippen LogP contribution in [0.25, 0.3) is 0 Å². The van der Waals surface area contributed by atoms with Gasteiger partial charge in [0.25, 0.3) is 0 Å². The van der Waals surface area contributed by atoms with Crippen LogP contribution in [-0.2, 0) is 0 Å². The minimum Gasteiger partial charge on any atom is -0.0991 e. The van der Waals surface area contributed by atoms with E-state index in [0.29, 0.717) is 5.92 Å². The van der Waals surface area contributed by atoms with Crippen molar-refractivity contribution >= 4 is 0 Å². The Hall–Kier alpha value is -1.82. The smallest absolute Gasteiger partial charge is 0.0204 e. The predicted octanol–water partition coefficient (Wildman–Crippen LogP) is 4.64. The first-order valence-corrected chi connectivity index (χ1v) is 5.52. The van der Waals surface area contributed by atoms with E-state index in [-0.39, 0.29) is 0 Å². The lowest BCUT2D eigenvalue weighted by Crippen LogP contribution is -1.89. The van der Waals surface area contributed by atoms with Crippen LogP contribution in [-0.4, -0.2) is 0 Å². The van der Waals surface area contributed by atoms with Crippen LogP contribution in [0.5, 0.6) is 0 Å². The van der Waals surface area contributed by atoms with E-state index >= 15 is 0 Å². The minimum atomic E-state index is 0.315. The van der Waals surface area contributed by atoms with Crippen molar-refractivity contribution in [1.29, 1.82) is 0 Å².